The van der Waals surface area contributed by atoms with Crippen LogP contribution in [0.4, 0.5) is 11.4 Å². The van der Waals surface area contributed by atoms with Crippen molar-refractivity contribution in [2.75, 3.05) is 19.0 Å². The molecule has 0 atom stereocenters. The van der Waals surface area contributed by atoms with Gasteiger partial charge in [-0.25, -0.2) is 0 Å². The maximum absolute atomic E-state index is 11.6. The largest absolute Gasteiger partial charge is 0.494 e. The molecule has 0 fully saturated rings. The van der Waals surface area contributed by atoms with Crippen molar-refractivity contribution < 1.29 is 24.4 Å². The molecule has 0 bridgehead atoms. The average molecular weight is 320 g/mol. The molecule has 23 heavy (non-hydrogen) atoms. The third-order valence-corrected chi connectivity index (χ3v) is 2.53. The molecule has 1 amide bonds. The number of nitrogens with zero attached hydrogens (tertiary/aromatic N) is 2. The zero-order chi connectivity index (χ0) is 17.4. The Morgan fingerprint density at radius 3 is 2.74 bits per heavy atom. The summed E-state index contributed by atoms with van der Waals surface area (Å²) in [5, 5.41) is 32.7. The van der Waals surface area contributed by atoms with Gasteiger partial charge in [0.1, 0.15) is 23.9 Å². The monoisotopic (exact) mass is 320 g/mol. The average Bonchev–Trinajstić information content (AvgIpc) is 2.53. The minimum absolute atomic E-state index is 0.138. The molecule has 120 valence electrons. The first-order valence-electron chi connectivity index (χ1n) is 6.08. The summed E-state index contributed by atoms with van der Waals surface area (Å²) in [5.41, 5.74) is -0.264. The number of nitro groups is 1. The second-order valence-electron chi connectivity index (χ2n) is 4.03. The summed E-state index contributed by atoms with van der Waals surface area (Å²) in [7, 11) is 1.30. The summed E-state index contributed by atoms with van der Waals surface area (Å²) in [6.45, 7) is -0.626. The van der Waals surface area contributed by atoms with Crippen LogP contribution in [-0.2, 0) is 9.59 Å². The van der Waals surface area contributed by atoms with Crippen LogP contribution in [0.3, 0.4) is 0 Å². The van der Waals surface area contributed by atoms with Gasteiger partial charge < -0.3 is 20.5 Å². The fourth-order valence-electron chi connectivity index (χ4n) is 1.46. The number of non-ortho nitro benzene ring substituents is 1. The topological polar surface area (TPSA) is 155 Å². The van der Waals surface area contributed by atoms with Crippen molar-refractivity contribution in [3.8, 4) is 11.8 Å². The molecule has 10 nitrogen and oxygen atoms in total. The van der Waals surface area contributed by atoms with Crippen LogP contribution in [0.5, 0.6) is 5.75 Å². The second-order valence-corrected chi connectivity index (χ2v) is 4.03. The second kappa shape index (κ2) is 7.99. The van der Waals surface area contributed by atoms with Crippen molar-refractivity contribution in [2.24, 2.45) is 0 Å². The van der Waals surface area contributed by atoms with Gasteiger partial charge in [0.15, 0.2) is 0 Å². The number of benzene rings is 1. The minimum atomic E-state index is -1.25. The van der Waals surface area contributed by atoms with E-state index in [-0.39, 0.29) is 22.7 Å². The van der Waals surface area contributed by atoms with Crippen LogP contribution in [0.25, 0.3) is 0 Å². The Morgan fingerprint density at radius 1 is 1.52 bits per heavy atom. The molecule has 0 aliphatic heterocycles. The lowest BCUT2D eigenvalue weighted by atomic mass is 10.2. The van der Waals surface area contributed by atoms with E-state index in [1.165, 1.54) is 25.3 Å². The van der Waals surface area contributed by atoms with Gasteiger partial charge in [0.05, 0.1) is 23.8 Å². The van der Waals surface area contributed by atoms with Crippen molar-refractivity contribution in [1.29, 1.82) is 5.26 Å². The number of hydrogen-bond donors (Lipinski definition) is 3. The molecule has 0 spiro atoms. The molecule has 0 aliphatic carbocycles. The van der Waals surface area contributed by atoms with Crippen molar-refractivity contribution in [3.05, 3.63) is 40.1 Å². The van der Waals surface area contributed by atoms with Gasteiger partial charge in [0.2, 0.25) is 0 Å². The van der Waals surface area contributed by atoms with E-state index >= 15 is 0 Å². The van der Waals surface area contributed by atoms with E-state index in [2.05, 4.69) is 5.32 Å². The molecule has 0 unspecified atom stereocenters. The first kappa shape index (κ1) is 17.4. The van der Waals surface area contributed by atoms with E-state index < -0.39 is 23.3 Å². The zero-order valence-electron chi connectivity index (χ0n) is 11.9. The lowest BCUT2D eigenvalue weighted by Gasteiger charge is -2.08. The SMILES string of the molecule is COc1cc([N+](=O)[O-])ccc1N/C=C(/C#N)C(=O)NCC(=O)O. The maximum atomic E-state index is 11.6. The van der Waals surface area contributed by atoms with Gasteiger partial charge in [0, 0.05) is 12.3 Å². The van der Waals surface area contributed by atoms with E-state index in [1.807, 2.05) is 5.32 Å². The molecule has 1 aromatic rings. The lowest BCUT2D eigenvalue weighted by Crippen LogP contribution is -2.30. The Balaban J connectivity index is 2.93. The fourth-order valence-corrected chi connectivity index (χ4v) is 1.46. The lowest BCUT2D eigenvalue weighted by molar-refractivity contribution is -0.384. The van der Waals surface area contributed by atoms with Crippen LogP contribution in [0.1, 0.15) is 0 Å². The number of hydrogen-bond acceptors (Lipinski definition) is 7. The number of carboxylic acid groups (broad SMARTS) is 1. The predicted octanol–water partition coefficient (Wildman–Crippen LogP) is 0.624. The number of carboxylic acids is 1. The molecule has 3 N–H and O–H groups in total. The molecule has 10 heteroatoms. The highest BCUT2D eigenvalue weighted by Crippen LogP contribution is 2.29. The quantitative estimate of drug-likeness (QED) is 0.286. The van der Waals surface area contributed by atoms with Gasteiger partial charge in [-0.3, -0.25) is 19.7 Å². The van der Waals surface area contributed by atoms with Gasteiger partial charge in [-0.1, -0.05) is 0 Å². The zero-order valence-corrected chi connectivity index (χ0v) is 11.9. The first-order chi connectivity index (χ1) is 10.9. The Labute approximate surface area is 130 Å². The van der Waals surface area contributed by atoms with E-state index in [4.69, 9.17) is 15.1 Å². The molecule has 0 heterocycles. The highest BCUT2D eigenvalue weighted by molar-refractivity contribution is 5.98. The highest BCUT2D eigenvalue weighted by Gasteiger charge is 2.13. The number of carbonyl (C=O) groups excluding carboxylic acids is 1. The number of methoxy groups -OCH3 is 1. The van der Waals surface area contributed by atoms with E-state index in [0.717, 1.165) is 6.20 Å². The van der Waals surface area contributed by atoms with Crippen molar-refractivity contribution in [3.63, 3.8) is 0 Å². The number of carbonyl (C=O) groups is 2. The van der Waals surface area contributed by atoms with Crippen LogP contribution in [-0.4, -0.2) is 35.6 Å². The molecule has 0 saturated heterocycles. The normalized spacial score (nSPS) is 10.3. The summed E-state index contributed by atoms with van der Waals surface area (Å²) in [6.07, 6.45) is 1.04. The number of amides is 1. The van der Waals surface area contributed by atoms with Gasteiger partial charge in [-0.15, -0.1) is 0 Å². The summed E-state index contributed by atoms with van der Waals surface area (Å²) >= 11 is 0. The van der Waals surface area contributed by atoms with Crippen LogP contribution in [0.2, 0.25) is 0 Å². The summed E-state index contributed by atoms with van der Waals surface area (Å²) in [5.74, 6) is -1.98. The summed E-state index contributed by atoms with van der Waals surface area (Å²) in [6, 6.07) is 5.34. The van der Waals surface area contributed by atoms with Crippen LogP contribution in [0, 0.1) is 21.4 Å². The Morgan fingerprint density at radius 2 is 2.22 bits per heavy atom. The van der Waals surface area contributed by atoms with E-state index in [0.29, 0.717) is 0 Å². The van der Waals surface area contributed by atoms with Gasteiger partial charge >= 0.3 is 5.97 Å². The maximum Gasteiger partial charge on any atom is 0.322 e. The molecule has 1 aromatic carbocycles. The Kier molecular flexibility index (Phi) is 6.06. The van der Waals surface area contributed by atoms with Crippen molar-refractivity contribution in [2.45, 2.75) is 0 Å². The van der Waals surface area contributed by atoms with Crippen LogP contribution in [0.15, 0.2) is 30.0 Å². The number of nitriles is 1. The van der Waals surface area contributed by atoms with E-state index in [9.17, 15) is 19.7 Å². The Bertz CT molecular complexity index is 707. The van der Waals surface area contributed by atoms with Crippen LogP contribution < -0.4 is 15.4 Å². The Hall–Kier alpha value is -3.61. The number of ether oxygens (including phenoxy) is 1. The number of anilines is 1. The predicted molar refractivity (Wildman–Crippen MR) is 77.6 cm³/mol. The van der Waals surface area contributed by atoms with Crippen molar-refractivity contribution in [1.82, 2.24) is 5.32 Å². The van der Waals surface area contributed by atoms with Crippen LogP contribution >= 0.6 is 0 Å². The van der Waals surface area contributed by atoms with Gasteiger partial charge in [-0.2, -0.15) is 5.26 Å². The van der Waals surface area contributed by atoms with E-state index in [1.54, 1.807) is 6.07 Å². The molecule has 0 saturated carbocycles. The number of rotatable bonds is 7. The molecular weight excluding hydrogens is 308 g/mol. The third-order valence-electron chi connectivity index (χ3n) is 2.53. The molecule has 0 aromatic heterocycles. The first-order valence-corrected chi connectivity index (χ1v) is 6.08. The number of aliphatic carboxylic acids is 1. The van der Waals surface area contributed by atoms with Gasteiger partial charge in [0.25, 0.3) is 11.6 Å². The smallest absolute Gasteiger partial charge is 0.322 e. The molecular formula is C13H12N4O6. The fraction of sp³-hybridized carbons (Fsp3) is 0.154. The molecule has 1 rings (SSSR count). The number of nitrogens with one attached hydrogen (secondary N) is 2. The molecule has 0 radical (unpaired) electrons. The molecule has 0 aliphatic rings. The standard InChI is InChI=1S/C13H12N4O6/c1-23-11-4-9(17(21)22)2-3-10(11)15-6-8(5-14)13(20)16-7-12(18)19/h2-4,6,15H,7H2,1H3,(H,16,20)(H,18,19)/b8-6-. The summed E-state index contributed by atoms with van der Waals surface area (Å²) in [4.78, 5) is 32.0. The third kappa shape index (κ3) is 5.01. The number of nitro benzene ring substituents is 1. The summed E-state index contributed by atoms with van der Waals surface area (Å²) < 4.78 is 4.98. The highest BCUT2D eigenvalue weighted by atomic mass is 16.6. The van der Waals surface area contributed by atoms with Gasteiger partial charge in [-0.05, 0) is 6.07 Å². The van der Waals surface area contributed by atoms with Crippen molar-refractivity contribution >= 4 is 23.3 Å². The minimum Gasteiger partial charge on any atom is -0.494 e.